The van der Waals surface area contributed by atoms with E-state index in [0.29, 0.717) is 11.1 Å². The largest absolute Gasteiger partial charge is 0.376 e. The predicted molar refractivity (Wildman–Crippen MR) is 80.7 cm³/mol. The molecule has 1 aliphatic rings. The molecule has 0 aliphatic carbocycles. The number of hydrogen-bond acceptors (Lipinski definition) is 2. The SMILES string of the molecule is CC(Cl)c1nc2cc(Br)c(F)cc2n1C1CCOC1C. The van der Waals surface area contributed by atoms with Crippen LogP contribution in [0.5, 0.6) is 0 Å². The highest BCUT2D eigenvalue weighted by molar-refractivity contribution is 9.10. The molecule has 0 N–H and O–H groups in total. The van der Waals surface area contributed by atoms with Crippen LogP contribution in [-0.2, 0) is 4.74 Å². The van der Waals surface area contributed by atoms with Crippen LogP contribution in [0.4, 0.5) is 4.39 Å². The van der Waals surface area contributed by atoms with E-state index in [4.69, 9.17) is 16.3 Å². The van der Waals surface area contributed by atoms with Crippen molar-refractivity contribution in [2.24, 2.45) is 0 Å². The topological polar surface area (TPSA) is 27.1 Å². The van der Waals surface area contributed by atoms with Crippen molar-refractivity contribution in [3.8, 4) is 0 Å². The Bertz CT molecular complexity index is 658. The molecule has 3 rings (SSSR count). The lowest BCUT2D eigenvalue weighted by Gasteiger charge is -2.20. The summed E-state index contributed by atoms with van der Waals surface area (Å²) in [6.45, 7) is 4.62. The summed E-state index contributed by atoms with van der Waals surface area (Å²) >= 11 is 9.46. The van der Waals surface area contributed by atoms with E-state index in [1.54, 1.807) is 6.07 Å². The van der Waals surface area contributed by atoms with Crippen molar-refractivity contribution in [1.29, 1.82) is 0 Å². The molecule has 3 unspecified atom stereocenters. The van der Waals surface area contributed by atoms with E-state index in [1.165, 1.54) is 6.07 Å². The minimum atomic E-state index is -0.293. The first-order valence-corrected chi connectivity index (χ1v) is 7.84. The van der Waals surface area contributed by atoms with Gasteiger partial charge in [0, 0.05) is 12.7 Å². The molecule has 0 bridgehead atoms. The fourth-order valence-corrected chi connectivity index (χ4v) is 3.28. The highest BCUT2D eigenvalue weighted by atomic mass is 79.9. The van der Waals surface area contributed by atoms with Crippen LogP contribution in [0.2, 0.25) is 0 Å². The van der Waals surface area contributed by atoms with E-state index in [9.17, 15) is 4.39 Å². The van der Waals surface area contributed by atoms with E-state index in [2.05, 4.69) is 20.9 Å². The third-order valence-electron chi connectivity index (χ3n) is 3.78. The zero-order valence-electron chi connectivity index (χ0n) is 11.2. The predicted octanol–water partition coefficient (Wildman–Crippen LogP) is 4.59. The van der Waals surface area contributed by atoms with Gasteiger partial charge in [-0.3, -0.25) is 0 Å². The Kier molecular flexibility index (Phi) is 3.77. The second-order valence-electron chi connectivity index (χ2n) is 5.14. The summed E-state index contributed by atoms with van der Waals surface area (Å²) in [5.74, 6) is 0.473. The summed E-state index contributed by atoms with van der Waals surface area (Å²) in [5.41, 5.74) is 1.52. The lowest BCUT2D eigenvalue weighted by molar-refractivity contribution is 0.108. The number of halogens is 3. The van der Waals surface area contributed by atoms with Gasteiger partial charge in [-0.15, -0.1) is 11.6 Å². The van der Waals surface area contributed by atoms with E-state index < -0.39 is 0 Å². The quantitative estimate of drug-likeness (QED) is 0.732. The molecule has 1 saturated heterocycles. The van der Waals surface area contributed by atoms with Gasteiger partial charge in [-0.2, -0.15) is 0 Å². The average molecular weight is 362 g/mol. The number of ether oxygens (including phenoxy) is 1. The Balaban J connectivity index is 2.26. The number of nitrogens with zero attached hydrogens (tertiary/aromatic N) is 2. The summed E-state index contributed by atoms with van der Waals surface area (Å²) in [4.78, 5) is 4.57. The van der Waals surface area contributed by atoms with Gasteiger partial charge < -0.3 is 9.30 Å². The third kappa shape index (κ3) is 2.26. The Morgan fingerprint density at radius 1 is 1.55 bits per heavy atom. The maximum Gasteiger partial charge on any atom is 0.139 e. The zero-order chi connectivity index (χ0) is 14.4. The Labute approximate surface area is 130 Å². The molecular weight excluding hydrogens is 347 g/mol. The van der Waals surface area contributed by atoms with E-state index in [1.807, 2.05) is 18.4 Å². The summed E-state index contributed by atoms with van der Waals surface area (Å²) in [6, 6.07) is 3.36. The molecule has 20 heavy (non-hydrogen) atoms. The van der Waals surface area contributed by atoms with E-state index >= 15 is 0 Å². The first kappa shape index (κ1) is 14.3. The van der Waals surface area contributed by atoms with Gasteiger partial charge in [0.25, 0.3) is 0 Å². The van der Waals surface area contributed by atoms with Gasteiger partial charge >= 0.3 is 0 Å². The van der Waals surface area contributed by atoms with Crippen molar-refractivity contribution < 1.29 is 9.13 Å². The molecule has 1 fully saturated rings. The van der Waals surface area contributed by atoms with Crippen molar-refractivity contribution in [1.82, 2.24) is 9.55 Å². The highest BCUT2D eigenvalue weighted by Crippen LogP contribution is 2.35. The number of hydrogen-bond donors (Lipinski definition) is 0. The van der Waals surface area contributed by atoms with Crippen molar-refractivity contribution in [3.05, 3.63) is 28.2 Å². The molecule has 1 aliphatic heterocycles. The smallest absolute Gasteiger partial charge is 0.139 e. The number of rotatable bonds is 2. The van der Waals surface area contributed by atoms with Crippen LogP contribution in [-0.4, -0.2) is 22.3 Å². The number of imidazole rings is 1. The van der Waals surface area contributed by atoms with Crippen LogP contribution in [0, 0.1) is 5.82 Å². The molecule has 2 heterocycles. The maximum atomic E-state index is 13.9. The normalized spacial score (nSPS) is 24.4. The summed E-state index contributed by atoms with van der Waals surface area (Å²) in [6.07, 6.45) is 0.967. The van der Waals surface area contributed by atoms with Crippen molar-refractivity contribution >= 4 is 38.6 Å². The zero-order valence-corrected chi connectivity index (χ0v) is 13.6. The minimum Gasteiger partial charge on any atom is -0.376 e. The highest BCUT2D eigenvalue weighted by Gasteiger charge is 2.30. The van der Waals surface area contributed by atoms with Gasteiger partial charge in [-0.1, -0.05) is 0 Å². The fraction of sp³-hybridized carbons (Fsp3) is 0.500. The van der Waals surface area contributed by atoms with Crippen molar-refractivity contribution in [3.63, 3.8) is 0 Å². The molecular formula is C14H15BrClFN2O. The van der Waals surface area contributed by atoms with Gasteiger partial charge in [0.05, 0.1) is 33.0 Å². The average Bonchev–Trinajstić information content (AvgIpc) is 2.93. The second-order valence-corrected chi connectivity index (χ2v) is 6.65. The summed E-state index contributed by atoms with van der Waals surface area (Å²) < 4.78 is 22.0. The molecule has 1 aromatic carbocycles. The molecule has 108 valence electrons. The van der Waals surface area contributed by atoms with Crippen LogP contribution < -0.4 is 0 Å². The molecule has 3 atom stereocenters. The standard InChI is InChI=1S/C14H15BrClFN2O/c1-7(16)14-18-11-5-9(15)10(17)6-13(11)19(14)12-3-4-20-8(12)2/h5-8,12H,3-4H2,1-2H3. The first-order valence-electron chi connectivity index (χ1n) is 6.61. The molecule has 2 aromatic rings. The number of benzene rings is 1. The van der Waals surface area contributed by atoms with Crippen LogP contribution in [0.1, 0.15) is 37.5 Å². The van der Waals surface area contributed by atoms with Crippen LogP contribution in [0.25, 0.3) is 11.0 Å². The van der Waals surface area contributed by atoms with Gasteiger partial charge in [0.15, 0.2) is 0 Å². The molecule has 0 radical (unpaired) electrons. The monoisotopic (exact) mass is 360 g/mol. The van der Waals surface area contributed by atoms with E-state index in [0.717, 1.165) is 23.3 Å². The van der Waals surface area contributed by atoms with Gasteiger partial charge in [-0.25, -0.2) is 9.37 Å². The lowest BCUT2D eigenvalue weighted by Crippen LogP contribution is -2.19. The second kappa shape index (κ2) is 5.28. The first-order chi connectivity index (χ1) is 9.49. The Morgan fingerprint density at radius 2 is 2.30 bits per heavy atom. The summed E-state index contributed by atoms with van der Waals surface area (Å²) in [7, 11) is 0. The molecule has 0 saturated carbocycles. The molecule has 0 spiro atoms. The van der Waals surface area contributed by atoms with E-state index in [-0.39, 0.29) is 23.3 Å². The molecule has 0 amide bonds. The minimum absolute atomic E-state index is 0.0771. The van der Waals surface area contributed by atoms with Crippen LogP contribution in [0.15, 0.2) is 16.6 Å². The molecule has 6 heteroatoms. The maximum absolute atomic E-state index is 13.9. The molecule has 1 aromatic heterocycles. The van der Waals surface area contributed by atoms with Gasteiger partial charge in [0.1, 0.15) is 11.6 Å². The Morgan fingerprint density at radius 3 is 2.90 bits per heavy atom. The number of fused-ring (bicyclic) bond motifs is 1. The summed E-state index contributed by atoms with van der Waals surface area (Å²) in [5, 5.41) is -0.239. The van der Waals surface area contributed by atoms with Crippen molar-refractivity contribution in [2.75, 3.05) is 6.61 Å². The lowest BCUT2D eigenvalue weighted by atomic mass is 10.1. The fourth-order valence-electron chi connectivity index (χ4n) is 2.80. The Hall–Kier alpha value is -0.650. The number of aromatic nitrogens is 2. The van der Waals surface area contributed by atoms with Gasteiger partial charge in [-0.05, 0) is 42.3 Å². The van der Waals surface area contributed by atoms with Crippen LogP contribution >= 0.6 is 27.5 Å². The third-order valence-corrected chi connectivity index (χ3v) is 4.59. The molecule has 3 nitrogen and oxygen atoms in total. The van der Waals surface area contributed by atoms with Crippen LogP contribution in [0.3, 0.4) is 0 Å². The number of alkyl halides is 1. The van der Waals surface area contributed by atoms with Gasteiger partial charge in [0.2, 0.25) is 0 Å². The van der Waals surface area contributed by atoms with Crippen molar-refractivity contribution in [2.45, 2.75) is 37.8 Å².